The highest BCUT2D eigenvalue weighted by Gasteiger charge is 2.26. The second-order valence-electron chi connectivity index (χ2n) is 15.1. The number of nitrogens with one attached hydrogen (secondary N) is 2. The topological polar surface area (TPSA) is 299 Å². The van der Waals surface area contributed by atoms with Crippen molar-refractivity contribution in [2.45, 2.75) is 60.3 Å². The lowest BCUT2D eigenvalue weighted by Gasteiger charge is -2.26. The van der Waals surface area contributed by atoms with Crippen LogP contribution in [-0.4, -0.2) is 114 Å². The SMILES string of the molecule is CCn1nc(C)c(N)c1C(=O)Nc1nc2cc(C(N)=O)cc(OC)c2n1C/C=C/Cn1c(NC(=O)c2c(N)c(C)nn2CC)nc2cc(C(N)=O)cc(OCCCN3CCOCC3)c21. The Labute approximate surface area is 367 Å². The molecule has 6 aromatic rings. The van der Waals surface area contributed by atoms with Crippen LogP contribution in [0.3, 0.4) is 0 Å². The van der Waals surface area contributed by atoms with Crippen LogP contribution >= 0.6 is 0 Å². The van der Waals surface area contributed by atoms with Gasteiger partial charge in [0, 0.05) is 56.9 Å². The zero-order valence-electron chi connectivity index (χ0n) is 36.4. The summed E-state index contributed by atoms with van der Waals surface area (Å²) in [5.74, 6) is -1.58. The number of hydrogen-bond donors (Lipinski definition) is 6. The normalized spacial score (nSPS) is 13.3. The molecular weight excluding hydrogens is 827 g/mol. The maximum Gasteiger partial charge on any atom is 0.278 e. The number of primary amides is 2. The Kier molecular flexibility index (Phi) is 13.2. The third-order valence-corrected chi connectivity index (χ3v) is 11.0. The van der Waals surface area contributed by atoms with Crippen molar-refractivity contribution in [1.29, 1.82) is 0 Å². The van der Waals surface area contributed by atoms with Crippen LogP contribution in [0, 0.1) is 13.8 Å². The summed E-state index contributed by atoms with van der Waals surface area (Å²) in [7, 11) is 1.45. The van der Waals surface area contributed by atoms with Gasteiger partial charge in [0.15, 0.2) is 0 Å². The van der Waals surface area contributed by atoms with Gasteiger partial charge < -0.3 is 46.3 Å². The van der Waals surface area contributed by atoms with Crippen molar-refractivity contribution < 1.29 is 33.4 Å². The molecule has 64 heavy (non-hydrogen) atoms. The van der Waals surface area contributed by atoms with E-state index in [1.165, 1.54) is 28.6 Å². The molecule has 22 heteroatoms. The zero-order chi connectivity index (χ0) is 45.8. The molecule has 1 aliphatic rings. The number of nitrogens with two attached hydrogens (primary N) is 4. The molecule has 0 atom stereocenters. The van der Waals surface area contributed by atoms with E-state index >= 15 is 0 Å². The molecule has 0 spiro atoms. The average molecular weight is 880 g/mol. The average Bonchev–Trinajstić information content (AvgIpc) is 3.99. The highest BCUT2D eigenvalue weighted by molar-refractivity contribution is 6.08. The van der Waals surface area contributed by atoms with E-state index in [1.807, 2.05) is 26.0 Å². The molecule has 4 aromatic heterocycles. The summed E-state index contributed by atoms with van der Waals surface area (Å²) in [5, 5.41) is 14.6. The summed E-state index contributed by atoms with van der Waals surface area (Å²) in [5.41, 5.74) is 27.8. The fourth-order valence-corrected chi connectivity index (χ4v) is 7.66. The molecule has 0 bridgehead atoms. The molecule has 0 saturated carbocycles. The number of aromatic nitrogens is 8. The summed E-state index contributed by atoms with van der Waals surface area (Å²) >= 11 is 0. The van der Waals surface area contributed by atoms with Crippen LogP contribution in [0.4, 0.5) is 23.3 Å². The Morgan fingerprint density at radius 1 is 0.750 bits per heavy atom. The molecule has 2 aromatic carbocycles. The summed E-state index contributed by atoms with van der Waals surface area (Å²) in [4.78, 5) is 64.4. The van der Waals surface area contributed by atoms with Gasteiger partial charge in [-0.15, -0.1) is 0 Å². The molecule has 0 radical (unpaired) electrons. The highest BCUT2D eigenvalue weighted by Crippen LogP contribution is 2.33. The van der Waals surface area contributed by atoms with Crippen LogP contribution in [0.2, 0.25) is 0 Å². The minimum atomic E-state index is -0.689. The van der Waals surface area contributed by atoms with E-state index in [1.54, 1.807) is 35.1 Å². The first-order chi connectivity index (χ1) is 30.7. The second-order valence-corrected chi connectivity index (χ2v) is 15.1. The number of nitrogens with zero attached hydrogens (tertiary/aromatic N) is 9. The number of fused-ring (bicyclic) bond motifs is 2. The van der Waals surface area contributed by atoms with E-state index in [4.69, 9.17) is 42.1 Å². The van der Waals surface area contributed by atoms with Crippen molar-refractivity contribution in [3.63, 3.8) is 0 Å². The first-order valence-corrected chi connectivity index (χ1v) is 20.8. The van der Waals surface area contributed by atoms with Crippen LogP contribution in [0.15, 0.2) is 36.4 Å². The number of nitrogen functional groups attached to an aromatic ring is 2. The lowest BCUT2D eigenvalue weighted by molar-refractivity contribution is 0.0358. The summed E-state index contributed by atoms with van der Waals surface area (Å²) in [6.07, 6.45) is 4.33. The lowest BCUT2D eigenvalue weighted by Crippen LogP contribution is -2.37. The van der Waals surface area contributed by atoms with Gasteiger partial charge in [0.2, 0.25) is 23.7 Å². The van der Waals surface area contributed by atoms with Crippen molar-refractivity contribution in [2.75, 3.05) is 68.7 Å². The maximum absolute atomic E-state index is 14.0. The van der Waals surface area contributed by atoms with Gasteiger partial charge in [-0.3, -0.25) is 44.1 Å². The second kappa shape index (κ2) is 18.9. The molecule has 4 amide bonds. The minimum absolute atomic E-state index is 0.122. The van der Waals surface area contributed by atoms with Crippen molar-refractivity contribution in [3.8, 4) is 11.5 Å². The van der Waals surface area contributed by atoms with Gasteiger partial charge in [-0.05, 0) is 58.4 Å². The fourth-order valence-electron chi connectivity index (χ4n) is 7.66. The number of methoxy groups -OCH3 is 1. The van der Waals surface area contributed by atoms with Gasteiger partial charge >= 0.3 is 0 Å². The smallest absolute Gasteiger partial charge is 0.278 e. The molecular formula is C42H53N15O7. The molecule has 0 aliphatic carbocycles. The van der Waals surface area contributed by atoms with Crippen LogP contribution in [0.1, 0.15) is 73.3 Å². The number of benzene rings is 2. The number of ether oxygens (including phenoxy) is 3. The Hall–Kier alpha value is -7.46. The zero-order valence-corrected chi connectivity index (χ0v) is 36.4. The van der Waals surface area contributed by atoms with E-state index in [0.29, 0.717) is 78.5 Å². The van der Waals surface area contributed by atoms with Crippen molar-refractivity contribution in [2.24, 2.45) is 11.5 Å². The Bertz CT molecular complexity index is 2790. The van der Waals surface area contributed by atoms with Crippen molar-refractivity contribution in [1.82, 2.24) is 43.6 Å². The number of carbonyl (C=O) groups excluding carboxylic acids is 4. The largest absolute Gasteiger partial charge is 0.494 e. The molecule has 1 fully saturated rings. The van der Waals surface area contributed by atoms with Crippen molar-refractivity contribution in [3.05, 3.63) is 70.3 Å². The van der Waals surface area contributed by atoms with Gasteiger partial charge in [-0.25, -0.2) is 9.97 Å². The van der Waals surface area contributed by atoms with Crippen LogP contribution in [0.25, 0.3) is 22.1 Å². The first-order valence-electron chi connectivity index (χ1n) is 20.8. The van der Waals surface area contributed by atoms with Crippen LogP contribution < -0.4 is 43.0 Å². The molecule has 1 saturated heterocycles. The highest BCUT2D eigenvalue weighted by atomic mass is 16.5. The number of morpholine rings is 1. The Morgan fingerprint density at radius 2 is 1.22 bits per heavy atom. The lowest BCUT2D eigenvalue weighted by atomic mass is 10.1. The molecule has 5 heterocycles. The number of anilines is 4. The predicted octanol–water partition coefficient (Wildman–Crippen LogP) is 2.67. The number of carbonyl (C=O) groups is 4. The van der Waals surface area contributed by atoms with Gasteiger partial charge in [0.05, 0.1) is 60.7 Å². The van der Waals surface area contributed by atoms with Gasteiger partial charge in [0.1, 0.15) is 33.9 Å². The molecule has 10 N–H and O–H groups in total. The van der Waals surface area contributed by atoms with E-state index in [2.05, 4.69) is 30.7 Å². The third-order valence-electron chi connectivity index (χ3n) is 11.0. The first kappa shape index (κ1) is 44.6. The van der Waals surface area contributed by atoms with Gasteiger partial charge in [-0.2, -0.15) is 10.2 Å². The minimum Gasteiger partial charge on any atom is -0.494 e. The van der Waals surface area contributed by atoms with Crippen molar-refractivity contribution >= 4 is 69.0 Å². The van der Waals surface area contributed by atoms with E-state index in [9.17, 15) is 19.2 Å². The van der Waals surface area contributed by atoms with Crippen LogP contribution in [0.5, 0.6) is 11.5 Å². The van der Waals surface area contributed by atoms with Gasteiger partial charge in [0.25, 0.3) is 11.8 Å². The third kappa shape index (κ3) is 8.90. The number of amides is 4. The molecule has 7 rings (SSSR count). The van der Waals surface area contributed by atoms with E-state index in [-0.39, 0.29) is 64.6 Å². The number of allylic oxidation sites excluding steroid dienone is 2. The molecule has 1 aliphatic heterocycles. The standard InChI is InChI=1S/C42H53N15O7/c1-6-56-35(31(43)23(3)51-56)39(60)49-41-47-27-19-25(37(45)58)21-29(62-5)33(27)54(41)12-8-9-13-55-34-28(48-42(55)50-40(61)36-32(44)24(4)52-57(36)7-2)20-26(38(46)59)22-30(34)64-16-10-11-53-14-17-63-18-15-53/h8-9,19-22H,6-7,10-18,43-44H2,1-5H3,(H2,45,58)(H2,46,59)(H,47,49,60)(H,48,50,61)/b9-8+. The molecule has 338 valence electrons. The number of rotatable bonds is 18. The Morgan fingerprint density at radius 3 is 1.67 bits per heavy atom. The predicted molar refractivity (Wildman–Crippen MR) is 240 cm³/mol. The fraction of sp³-hybridized carbons (Fsp3) is 0.381. The number of imidazole rings is 2. The quantitative estimate of drug-likeness (QED) is 0.0535. The van der Waals surface area contributed by atoms with Gasteiger partial charge in [-0.1, -0.05) is 12.2 Å². The summed E-state index contributed by atoms with van der Waals surface area (Å²) in [6, 6.07) is 6.12. The number of aryl methyl sites for hydroxylation is 4. The molecule has 22 nitrogen and oxygen atoms in total. The Balaban J connectivity index is 1.27. The monoisotopic (exact) mass is 879 g/mol. The maximum atomic E-state index is 14.0. The summed E-state index contributed by atoms with van der Waals surface area (Å²) in [6.45, 7) is 12.2. The van der Waals surface area contributed by atoms with E-state index in [0.717, 1.165) is 19.6 Å². The van der Waals surface area contributed by atoms with E-state index < -0.39 is 23.6 Å². The van der Waals surface area contributed by atoms with Crippen LogP contribution in [-0.2, 0) is 30.9 Å². The summed E-state index contributed by atoms with van der Waals surface area (Å²) < 4.78 is 24.0. The molecule has 0 unspecified atom stereocenters. The number of hydrogen-bond acceptors (Lipinski definition) is 14.